The van der Waals surface area contributed by atoms with E-state index >= 15 is 0 Å². The van der Waals surface area contributed by atoms with Crippen molar-refractivity contribution in [3.63, 3.8) is 0 Å². The molecule has 10 heavy (non-hydrogen) atoms. The minimum absolute atomic E-state index is 0.729. The topological polar surface area (TPSA) is 15.3 Å². The fourth-order valence-corrected chi connectivity index (χ4v) is 1.54. The molecule has 0 bridgehead atoms. The molecule has 0 radical (unpaired) electrons. The van der Waals surface area contributed by atoms with E-state index in [-0.39, 0.29) is 0 Å². The maximum atomic E-state index is 3.42. The molecule has 0 aromatic rings. The van der Waals surface area contributed by atoms with Gasteiger partial charge in [-0.3, -0.25) is 4.90 Å². The van der Waals surface area contributed by atoms with Gasteiger partial charge in [-0.2, -0.15) is 0 Å². The summed E-state index contributed by atoms with van der Waals surface area (Å²) in [6, 6.07) is 0.729. The fourth-order valence-electron chi connectivity index (χ4n) is 1.54. The number of hydrogen-bond acceptors (Lipinski definition) is 2. The Morgan fingerprint density at radius 3 is 3.10 bits per heavy atom. The van der Waals surface area contributed by atoms with Crippen molar-refractivity contribution in [2.24, 2.45) is 0 Å². The summed E-state index contributed by atoms with van der Waals surface area (Å²) in [6.07, 6.45) is 1.30. The first-order valence-corrected chi connectivity index (χ1v) is 4.29. The second-order valence-electron chi connectivity index (χ2n) is 3.04. The molecule has 1 saturated heterocycles. The number of nitrogens with zero attached hydrogens (tertiary/aromatic N) is 1. The molecule has 1 fully saturated rings. The van der Waals surface area contributed by atoms with Crippen LogP contribution in [0.1, 0.15) is 20.3 Å². The van der Waals surface area contributed by atoms with E-state index in [1.807, 2.05) is 0 Å². The Morgan fingerprint density at radius 1 is 1.60 bits per heavy atom. The van der Waals surface area contributed by atoms with Gasteiger partial charge in [0.2, 0.25) is 0 Å². The molecule has 0 aliphatic carbocycles. The number of likely N-dealkylation sites (N-methyl/N-ethyl adjacent to an activating group) is 1. The van der Waals surface area contributed by atoms with E-state index in [4.69, 9.17) is 0 Å². The molecular weight excluding hydrogens is 124 g/mol. The summed E-state index contributed by atoms with van der Waals surface area (Å²) >= 11 is 0. The third-order valence-corrected chi connectivity index (χ3v) is 2.27. The van der Waals surface area contributed by atoms with E-state index in [9.17, 15) is 0 Å². The van der Waals surface area contributed by atoms with Gasteiger partial charge in [0.1, 0.15) is 0 Å². The van der Waals surface area contributed by atoms with E-state index in [0.29, 0.717) is 0 Å². The van der Waals surface area contributed by atoms with Crippen molar-refractivity contribution in [1.29, 1.82) is 0 Å². The molecule has 2 heteroatoms. The highest BCUT2D eigenvalue weighted by molar-refractivity contribution is 4.72. The quantitative estimate of drug-likeness (QED) is 0.579. The zero-order valence-electron chi connectivity index (χ0n) is 7.06. The van der Waals surface area contributed by atoms with Gasteiger partial charge >= 0.3 is 0 Å². The summed E-state index contributed by atoms with van der Waals surface area (Å²) in [5.74, 6) is 0. The van der Waals surface area contributed by atoms with Crippen LogP contribution < -0.4 is 5.32 Å². The molecule has 1 heterocycles. The van der Waals surface area contributed by atoms with Gasteiger partial charge in [0.15, 0.2) is 0 Å². The van der Waals surface area contributed by atoms with Crippen molar-refractivity contribution in [2.75, 3.05) is 26.2 Å². The van der Waals surface area contributed by atoms with Crippen LogP contribution in [-0.4, -0.2) is 37.1 Å². The van der Waals surface area contributed by atoms with Gasteiger partial charge in [-0.1, -0.05) is 6.92 Å². The zero-order valence-corrected chi connectivity index (χ0v) is 7.06. The van der Waals surface area contributed by atoms with E-state index in [1.165, 1.54) is 26.1 Å². The molecule has 1 aliphatic rings. The lowest BCUT2D eigenvalue weighted by Crippen LogP contribution is -2.36. The van der Waals surface area contributed by atoms with Crippen LogP contribution in [0.3, 0.4) is 0 Å². The normalized spacial score (nSPS) is 30.0. The predicted octanol–water partition coefficient (Wildman–Crippen LogP) is 0.690. The van der Waals surface area contributed by atoms with Gasteiger partial charge in [-0.15, -0.1) is 0 Å². The van der Waals surface area contributed by atoms with Gasteiger partial charge in [0.05, 0.1) is 0 Å². The first-order chi connectivity index (χ1) is 4.84. The van der Waals surface area contributed by atoms with Gasteiger partial charge < -0.3 is 5.32 Å². The number of nitrogens with one attached hydrogen (secondary N) is 1. The molecular formula is C8H18N2. The first kappa shape index (κ1) is 8.02. The Bertz CT molecular complexity index is 93.3. The van der Waals surface area contributed by atoms with Crippen molar-refractivity contribution in [2.45, 2.75) is 26.3 Å². The lowest BCUT2D eigenvalue weighted by Gasteiger charge is -2.24. The summed E-state index contributed by atoms with van der Waals surface area (Å²) in [5, 5.41) is 3.42. The summed E-state index contributed by atoms with van der Waals surface area (Å²) in [7, 11) is 0. The van der Waals surface area contributed by atoms with E-state index in [0.717, 1.165) is 12.6 Å². The summed E-state index contributed by atoms with van der Waals surface area (Å²) in [6.45, 7) is 9.35. The standard InChI is InChI=1S/C8H18N2/c1-3-10-6-4-5-9-7-8(10)2/h8-9H,3-7H2,1-2H3/t8-/m0/s1. The molecule has 1 rings (SSSR count). The van der Waals surface area contributed by atoms with E-state index < -0.39 is 0 Å². The molecule has 60 valence electrons. The van der Waals surface area contributed by atoms with Crippen molar-refractivity contribution in [3.8, 4) is 0 Å². The second-order valence-corrected chi connectivity index (χ2v) is 3.04. The molecule has 0 unspecified atom stereocenters. The maximum absolute atomic E-state index is 3.42. The zero-order chi connectivity index (χ0) is 7.40. The van der Waals surface area contributed by atoms with Crippen LogP contribution in [-0.2, 0) is 0 Å². The molecule has 1 N–H and O–H groups in total. The lowest BCUT2D eigenvalue weighted by molar-refractivity contribution is 0.235. The van der Waals surface area contributed by atoms with Crippen molar-refractivity contribution < 1.29 is 0 Å². The van der Waals surface area contributed by atoms with Gasteiger partial charge in [-0.05, 0) is 33.0 Å². The largest absolute Gasteiger partial charge is 0.315 e. The van der Waals surface area contributed by atoms with Crippen molar-refractivity contribution in [1.82, 2.24) is 10.2 Å². The molecule has 2 nitrogen and oxygen atoms in total. The van der Waals surface area contributed by atoms with Crippen molar-refractivity contribution in [3.05, 3.63) is 0 Å². The minimum atomic E-state index is 0.729. The third kappa shape index (κ3) is 1.96. The summed E-state index contributed by atoms with van der Waals surface area (Å²) < 4.78 is 0. The first-order valence-electron chi connectivity index (χ1n) is 4.29. The van der Waals surface area contributed by atoms with Crippen LogP contribution in [0.25, 0.3) is 0 Å². The van der Waals surface area contributed by atoms with Crippen LogP contribution in [0.5, 0.6) is 0 Å². The van der Waals surface area contributed by atoms with Crippen molar-refractivity contribution >= 4 is 0 Å². The van der Waals surface area contributed by atoms with Crippen LogP contribution in [0.4, 0.5) is 0 Å². The minimum Gasteiger partial charge on any atom is -0.315 e. The molecule has 0 saturated carbocycles. The van der Waals surface area contributed by atoms with Crippen LogP contribution >= 0.6 is 0 Å². The second kappa shape index (κ2) is 3.94. The molecule has 1 atom stereocenters. The smallest absolute Gasteiger partial charge is 0.0192 e. The monoisotopic (exact) mass is 142 g/mol. The van der Waals surface area contributed by atoms with Gasteiger partial charge in [0.25, 0.3) is 0 Å². The van der Waals surface area contributed by atoms with Crippen LogP contribution in [0, 0.1) is 0 Å². The third-order valence-electron chi connectivity index (χ3n) is 2.27. The molecule has 0 aromatic heterocycles. The fraction of sp³-hybridized carbons (Fsp3) is 1.00. The van der Waals surface area contributed by atoms with Gasteiger partial charge in [0, 0.05) is 12.6 Å². The van der Waals surface area contributed by atoms with E-state index in [1.54, 1.807) is 0 Å². The number of rotatable bonds is 1. The maximum Gasteiger partial charge on any atom is 0.0192 e. The Labute approximate surface area is 63.6 Å². The highest BCUT2D eigenvalue weighted by Crippen LogP contribution is 2.01. The highest BCUT2D eigenvalue weighted by atomic mass is 15.2. The highest BCUT2D eigenvalue weighted by Gasteiger charge is 2.13. The van der Waals surface area contributed by atoms with Gasteiger partial charge in [-0.25, -0.2) is 0 Å². The lowest BCUT2D eigenvalue weighted by atomic mass is 10.3. The SMILES string of the molecule is CCN1CCCNC[C@@H]1C. The Morgan fingerprint density at radius 2 is 2.40 bits per heavy atom. The van der Waals surface area contributed by atoms with E-state index in [2.05, 4.69) is 24.1 Å². The average molecular weight is 142 g/mol. The average Bonchev–Trinajstić information content (AvgIpc) is 2.13. The predicted molar refractivity (Wildman–Crippen MR) is 44.2 cm³/mol. The Balaban J connectivity index is 2.35. The summed E-state index contributed by atoms with van der Waals surface area (Å²) in [5.41, 5.74) is 0. The Hall–Kier alpha value is -0.0800. The molecule has 0 amide bonds. The number of hydrogen-bond donors (Lipinski definition) is 1. The molecule has 0 aromatic carbocycles. The Kier molecular flexibility index (Phi) is 3.16. The van der Waals surface area contributed by atoms with Crippen LogP contribution in [0.15, 0.2) is 0 Å². The van der Waals surface area contributed by atoms with Crippen LogP contribution in [0.2, 0.25) is 0 Å². The summed E-state index contributed by atoms with van der Waals surface area (Å²) in [4.78, 5) is 2.53. The molecule has 0 spiro atoms. The molecule has 1 aliphatic heterocycles.